The van der Waals surface area contributed by atoms with E-state index in [1.54, 1.807) is 18.2 Å². The molecule has 0 saturated heterocycles. The summed E-state index contributed by atoms with van der Waals surface area (Å²) in [6.07, 6.45) is 0. The number of nitrogens with one attached hydrogen (secondary N) is 2. The van der Waals surface area contributed by atoms with Crippen LogP contribution in [-0.4, -0.2) is 23.3 Å². The molecule has 3 N–H and O–H groups in total. The Morgan fingerprint density at radius 1 is 1.11 bits per heavy atom. The van der Waals surface area contributed by atoms with Crippen molar-refractivity contribution in [1.29, 1.82) is 0 Å². The van der Waals surface area contributed by atoms with Gasteiger partial charge in [-0.3, -0.25) is 0 Å². The maximum absolute atomic E-state index is 12.5. The highest BCUT2D eigenvalue weighted by atomic mass is 32.1. The van der Waals surface area contributed by atoms with E-state index in [1.807, 2.05) is 44.2 Å². The van der Waals surface area contributed by atoms with Gasteiger partial charge in [-0.15, -0.1) is 11.3 Å². The average Bonchev–Trinajstić information content (AvgIpc) is 2.99. The van der Waals surface area contributed by atoms with Gasteiger partial charge in [0.1, 0.15) is 16.3 Å². The Balaban J connectivity index is 1.93. The van der Waals surface area contributed by atoms with Crippen molar-refractivity contribution in [2.75, 3.05) is 17.7 Å². The SMILES string of the molecule is COC(=O)c1c(NC(=S)Nc2ccc(O)cc2C)sc(C)c1-c1ccccc1. The molecule has 0 unspecified atom stereocenters. The number of phenols is 1. The quantitative estimate of drug-likeness (QED) is 0.306. The molecule has 0 spiro atoms. The van der Waals surface area contributed by atoms with Crippen molar-refractivity contribution < 1.29 is 14.6 Å². The van der Waals surface area contributed by atoms with Gasteiger partial charge in [0.15, 0.2) is 5.11 Å². The monoisotopic (exact) mass is 412 g/mol. The number of ether oxygens (including phenoxy) is 1. The van der Waals surface area contributed by atoms with E-state index in [-0.39, 0.29) is 5.75 Å². The lowest BCUT2D eigenvalue weighted by Gasteiger charge is -2.13. The summed E-state index contributed by atoms with van der Waals surface area (Å²) >= 11 is 6.88. The molecule has 0 aliphatic rings. The lowest BCUT2D eigenvalue weighted by Crippen LogP contribution is -2.20. The third kappa shape index (κ3) is 4.16. The Labute approximate surface area is 173 Å². The fourth-order valence-electron chi connectivity index (χ4n) is 2.93. The van der Waals surface area contributed by atoms with Crippen molar-refractivity contribution in [3.63, 3.8) is 0 Å². The van der Waals surface area contributed by atoms with Gasteiger partial charge < -0.3 is 20.5 Å². The Morgan fingerprint density at radius 3 is 2.46 bits per heavy atom. The van der Waals surface area contributed by atoms with Crippen LogP contribution in [0.4, 0.5) is 10.7 Å². The number of aromatic hydroxyl groups is 1. The number of rotatable bonds is 4. The molecular weight excluding hydrogens is 392 g/mol. The number of phenolic OH excluding ortho intramolecular Hbond substituents is 1. The van der Waals surface area contributed by atoms with Gasteiger partial charge in [0.05, 0.1) is 7.11 Å². The van der Waals surface area contributed by atoms with Gasteiger partial charge in [-0.2, -0.15) is 0 Å². The molecule has 3 aromatic rings. The first kappa shape index (κ1) is 19.9. The fraction of sp³-hybridized carbons (Fsp3) is 0.143. The Morgan fingerprint density at radius 2 is 1.82 bits per heavy atom. The van der Waals surface area contributed by atoms with Crippen molar-refractivity contribution >= 4 is 45.3 Å². The Bertz CT molecular complexity index is 1030. The number of thiocarbonyl (C=S) groups is 1. The fourth-order valence-corrected chi connectivity index (χ4v) is 4.27. The third-order valence-electron chi connectivity index (χ3n) is 4.22. The maximum atomic E-state index is 12.5. The number of esters is 1. The van der Waals surface area contributed by atoms with Crippen LogP contribution in [0.15, 0.2) is 48.5 Å². The molecule has 7 heteroatoms. The molecule has 0 aliphatic heterocycles. The van der Waals surface area contributed by atoms with Crippen LogP contribution in [0.5, 0.6) is 5.75 Å². The van der Waals surface area contributed by atoms with Crippen LogP contribution >= 0.6 is 23.6 Å². The zero-order chi connectivity index (χ0) is 20.3. The van der Waals surface area contributed by atoms with Gasteiger partial charge in [-0.25, -0.2) is 4.79 Å². The molecule has 1 aromatic heterocycles. The summed E-state index contributed by atoms with van der Waals surface area (Å²) in [5.41, 5.74) is 3.86. The summed E-state index contributed by atoms with van der Waals surface area (Å²) in [7, 11) is 1.37. The standard InChI is InChI=1S/C21H20N2O3S2/c1-12-11-15(24)9-10-16(12)22-21(27)23-19-18(20(25)26-3)17(13(2)28-19)14-7-5-4-6-8-14/h4-11,24H,1-3H3,(H2,22,23,27). The molecule has 0 atom stereocenters. The molecule has 28 heavy (non-hydrogen) atoms. The van der Waals surface area contributed by atoms with Gasteiger partial charge in [0.25, 0.3) is 0 Å². The second-order valence-corrected chi connectivity index (χ2v) is 7.81. The Kier molecular flexibility index (Phi) is 5.96. The smallest absolute Gasteiger partial charge is 0.341 e. The molecule has 0 bridgehead atoms. The second-order valence-electron chi connectivity index (χ2n) is 6.17. The lowest BCUT2D eigenvalue weighted by atomic mass is 10.0. The lowest BCUT2D eigenvalue weighted by molar-refractivity contribution is 0.0603. The number of thiophene rings is 1. The Hall–Kier alpha value is -2.90. The van der Waals surface area contributed by atoms with E-state index in [9.17, 15) is 9.90 Å². The predicted octanol–water partition coefficient (Wildman–Crippen LogP) is 5.33. The highest BCUT2D eigenvalue weighted by molar-refractivity contribution is 7.80. The molecule has 0 saturated carbocycles. The first-order valence-corrected chi connectivity index (χ1v) is 9.78. The summed E-state index contributed by atoms with van der Waals surface area (Å²) in [6.45, 7) is 3.83. The van der Waals surface area contributed by atoms with E-state index in [4.69, 9.17) is 17.0 Å². The van der Waals surface area contributed by atoms with Crippen LogP contribution in [0.25, 0.3) is 11.1 Å². The molecule has 2 aromatic carbocycles. The first-order valence-electron chi connectivity index (χ1n) is 8.55. The number of methoxy groups -OCH3 is 1. The van der Waals surface area contributed by atoms with Crippen LogP contribution in [0, 0.1) is 13.8 Å². The van der Waals surface area contributed by atoms with E-state index in [1.165, 1.54) is 18.4 Å². The minimum absolute atomic E-state index is 0.191. The van der Waals surface area contributed by atoms with Gasteiger partial charge in [0.2, 0.25) is 0 Å². The highest BCUT2D eigenvalue weighted by Gasteiger charge is 2.24. The molecule has 144 valence electrons. The molecule has 0 aliphatic carbocycles. The summed E-state index contributed by atoms with van der Waals surface area (Å²) in [5.74, 6) is -0.231. The number of benzene rings is 2. The summed E-state index contributed by atoms with van der Waals surface area (Å²) < 4.78 is 5.02. The van der Waals surface area contributed by atoms with Gasteiger partial charge in [-0.05, 0) is 55.4 Å². The molecular formula is C21H20N2O3S2. The zero-order valence-electron chi connectivity index (χ0n) is 15.7. The molecule has 0 amide bonds. The van der Waals surface area contributed by atoms with E-state index in [2.05, 4.69) is 10.6 Å². The van der Waals surface area contributed by atoms with Crippen molar-refractivity contribution in [2.24, 2.45) is 0 Å². The largest absolute Gasteiger partial charge is 0.508 e. The number of anilines is 2. The number of hydrogen-bond acceptors (Lipinski definition) is 5. The van der Waals surface area contributed by atoms with Crippen LogP contribution in [0.3, 0.4) is 0 Å². The number of carbonyl (C=O) groups excluding carboxylic acids is 1. The predicted molar refractivity (Wildman–Crippen MR) is 119 cm³/mol. The van der Waals surface area contributed by atoms with Crippen molar-refractivity contribution in [3.05, 3.63) is 64.5 Å². The van der Waals surface area contributed by atoms with Gasteiger partial charge >= 0.3 is 5.97 Å². The molecule has 0 fully saturated rings. The van der Waals surface area contributed by atoms with Gasteiger partial charge in [0, 0.05) is 16.1 Å². The van der Waals surface area contributed by atoms with Crippen LogP contribution in [0.1, 0.15) is 20.8 Å². The number of carbonyl (C=O) groups is 1. The van der Waals surface area contributed by atoms with Crippen molar-refractivity contribution in [3.8, 4) is 16.9 Å². The number of hydrogen-bond donors (Lipinski definition) is 3. The number of aryl methyl sites for hydroxylation is 2. The summed E-state index contributed by atoms with van der Waals surface area (Å²) in [4.78, 5) is 13.5. The van der Waals surface area contributed by atoms with Crippen LogP contribution < -0.4 is 10.6 Å². The minimum Gasteiger partial charge on any atom is -0.508 e. The van der Waals surface area contributed by atoms with Crippen molar-refractivity contribution in [2.45, 2.75) is 13.8 Å². The second kappa shape index (κ2) is 8.41. The third-order valence-corrected chi connectivity index (χ3v) is 5.45. The highest BCUT2D eigenvalue weighted by Crippen LogP contribution is 2.40. The van der Waals surface area contributed by atoms with Crippen LogP contribution in [0.2, 0.25) is 0 Å². The van der Waals surface area contributed by atoms with Crippen LogP contribution in [-0.2, 0) is 4.74 Å². The minimum atomic E-state index is -0.422. The van der Waals surface area contributed by atoms with Gasteiger partial charge in [-0.1, -0.05) is 30.3 Å². The maximum Gasteiger partial charge on any atom is 0.341 e. The molecule has 5 nitrogen and oxygen atoms in total. The topological polar surface area (TPSA) is 70.6 Å². The molecule has 0 radical (unpaired) electrons. The molecule has 1 heterocycles. The van der Waals surface area contributed by atoms with E-state index in [0.29, 0.717) is 15.7 Å². The summed E-state index contributed by atoms with van der Waals surface area (Å²) in [5, 5.41) is 16.7. The average molecular weight is 413 g/mol. The first-order chi connectivity index (χ1) is 13.4. The van der Waals surface area contributed by atoms with Crippen molar-refractivity contribution in [1.82, 2.24) is 0 Å². The molecule has 3 rings (SSSR count). The summed E-state index contributed by atoms with van der Waals surface area (Å²) in [6, 6.07) is 14.7. The van der Waals surface area contributed by atoms with E-state index in [0.717, 1.165) is 27.3 Å². The van der Waals surface area contributed by atoms with E-state index < -0.39 is 5.97 Å². The normalized spacial score (nSPS) is 10.4. The van der Waals surface area contributed by atoms with E-state index >= 15 is 0 Å². The zero-order valence-corrected chi connectivity index (χ0v) is 17.3.